The van der Waals surface area contributed by atoms with Gasteiger partial charge in [0.1, 0.15) is 0 Å². The highest BCUT2D eigenvalue weighted by Gasteiger charge is 2.27. The number of hydrogen-bond donors (Lipinski definition) is 2. The smallest absolute Gasteiger partial charge is 0.317 e. The van der Waals surface area contributed by atoms with E-state index >= 15 is 0 Å². The van der Waals surface area contributed by atoms with Crippen LogP contribution in [0.1, 0.15) is 45.4 Å². The van der Waals surface area contributed by atoms with Crippen LogP contribution in [0.2, 0.25) is 0 Å². The van der Waals surface area contributed by atoms with E-state index in [-0.39, 0.29) is 18.1 Å². The molecule has 122 valence electrons. The predicted octanol–water partition coefficient (Wildman–Crippen LogP) is 1.29. The average Bonchev–Trinajstić information content (AvgIpc) is 2.40. The minimum absolute atomic E-state index is 0.0467. The van der Waals surface area contributed by atoms with Gasteiger partial charge in [0.2, 0.25) is 10.0 Å². The molecule has 2 aliphatic rings. The van der Waals surface area contributed by atoms with E-state index in [1.54, 1.807) is 4.90 Å². The van der Waals surface area contributed by atoms with Gasteiger partial charge in [-0.15, -0.1) is 0 Å². The van der Waals surface area contributed by atoms with Crippen molar-refractivity contribution in [2.24, 2.45) is 5.92 Å². The van der Waals surface area contributed by atoms with Gasteiger partial charge in [-0.1, -0.05) is 6.92 Å². The topological polar surface area (TPSA) is 78.5 Å². The summed E-state index contributed by atoms with van der Waals surface area (Å²) < 4.78 is 25.2. The highest BCUT2D eigenvalue weighted by molar-refractivity contribution is 7.88. The van der Waals surface area contributed by atoms with Crippen LogP contribution >= 0.6 is 0 Å². The molecule has 21 heavy (non-hydrogen) atoms. The maximum atomic E-state index is 12.3. The molecule has 2 N–H and O–H groups in total. The second kappa shape index (κ2) is 6.96. The summed E-state index contributed by atoms with van der Waals surface area (Å²) in [6.07, 6.45) is 7.22. The zero-order valence-corrected chi connectivity index (χ0v) is 13.8. The summed E-state index contributed by atoms with van der Waals surface area (Å²) in [4.78, 5) is 14.0. The van der Waals surface area contributed by atoms with E-state index in [4.69, 9.17) is 0 Å². The largest absolute Gasteiger partial charge is 0.335 e. The van der Waals surface area contributed by atoms with Crippen LogP contribution in [-0.4, -0.2) is 50.8 Å². The van der Waals surface area contributed by atoms with E-state index in [1.165, 1.54) is 12.8 Å². The van der Waals surface area contributed by atoms with Crippen molar-refractivity contribution in [1.29, 1.82) is 0 Å². The summed E-state index contributed by atoms with van der Waals surface area (Å²) >= 11 is 0. The zero-order chi connectivity index (χ0) is 15.5. The van der Waals surface area contributed by atoms with Crippen LogP contribution in [0, 0.1) is 5.92 Å². The Labute approximate surface area is 127 Å². The van der Waals surface area contributed by atoms with Crippen molar-refractivity contribution in [1.82, 2.24) is 14.9 Å². The van der Waals surface area contributed by atoms with E-state index in [9.17, 15) is 13.2 Å². The number of carbonyl (C=O) groups is 1. The van der Waals surface area contributed by atoms with Crippen LogP contribution in [0.25, 0.3) is 0 Å². The van der Waals surface area contributed by atoms with Crippen LogP contribution in [0.5, 0.6) is 0 Å². The fourth-order valence-electron chi connectivity index (χ4n) is 3.23. The van der Waals surface area contributed by atoms with Crippen molar-refractivity contribution in [2.45, 2.75) is 57.5 Å². The van der Waals surface area contributed by atoms with E-state index in [0.29, 0.717) is 13.1 Å². The number of nitrogens with one attached hydrogen (secondary N) is 2. The lowest BCUT2D eigenvalue weighted by molar-refractivity contribution is 0.169. The molecule has 1 aliphatic heterocycles. The monoisotopic (exact) mass is 317 g/mol. The Kier molecular flexibility index (Phi) is 5.48. The van der Waals surface area contributed by atoms with Crippen molar-refractivity contribution in [2.75, 3.05) is 19.3 Å². The minimum atomic E-state index is -3.21. The number of hydrogen-bond acceptors (Lipinski definition) is 3. The van der Waals surface area contributed by atoms with Crippen molar-refractivity contribution >= 4 is 16.1 Å². The Bertz CT molecular complexity index is 458. The van der Waals surface area contributed by atoms with Crippen molar-refractivity contribution in [3.8, 4) is 0 Å². The van der Waals surface area contributed by atoms with Crippen molar-refractivity contribution in [3.05, 3.63) is 0 Å². The molecule has 2 fully saturated rings. The first-order valence-corrected chi connectivity index (χ1v) is 9.75. The summed E-state index contributed by atoms with van der Waals surface area (Å²) in [5.74, 6) is 0.761. The van der Waals surface area contributed by atoms with Gasteiger partial charge in [-0.05, 0) is 44.4 Å². The fourth-order valence-corrected chi connectivity index (χ4v) is 4.03. The minimum Gasteiger partial charge on any atom is -0.335 e. The molecule has 2 amide bonds. The predicted molar refractivity (Wildman–Crippen MR) is 82.5 cm³/mol. The van der Waals surface area contributed by atoms with E-state index < -0.39 is 10.0 Å². The molecular formula is C14H27N3O3S. The number of amides is 2. The Morgan fingerprint density at radius 2 is 1.76 bits per heavy atom. The summed E-state index contributed by atoms with van der Waals surface area (Å²) in [7, 11) is -3.21. The number of rotatable bonds is 3. The second-order valence-corrected chi connectivity index (χ2v) is 8.36. The lowest BCUT2D eigenvalue weighted by atomic mass is 9.87. The molecule has 0 aromatic heterocycles. The number of piperidine rings is 1. The van der Waals surface area contributed by atoms with Gasteiger partial charge < -0.3 is 10.2 Å². The third-order valence-electron chi connectivity index (χ3n) is 4.43. The Morgan fingerprint density at radius 1 is 1.10 bits per heavy atom. The van der Waals surface area contributed by atoms with Crippen LogP contribution in [0.15, 0.2) is 0 Å². The van der Waals surface area contributed by atoms with E-state index in [1.807, 2.05) is 0 Å². The first-order valence-electron chi connectivity index (χ1n) is 7.86. The van der Waals surface area contributed by atoms with Gasteiger partial charge in [-0.2, -0.15) is 0 Å². The normalized spacial score (nSPS) is 31.0. The molecule has 1 heterocycles. The molecule has 1 saturated carbocycles. The Morgan fingerprint density at radius 3 is 2.38 bits per heavy atom. The maximum absolute atomic E-state index is 12.3. The molecule has 0 bridgehead atoms. The summed E-state index contributed by atoms with van der Waals surface area (Å²) in [6, 6.07) is 0.0670. The Balaban J connectivity index is 1.81. The molecule has 1 aliphatic carbocycles. The number of nitrogens with zero attached hydrogens (tertiary/aromatic N) is 1. The molecular weight excluding hydrogens is 290 g/mol. The fraction of sp³-hybridized carbons (Fsp3) is 0.929. The van der Waals surface area contributed by atoms with Gasteiger partial charge in [0.05, 0.1) is 6.26 Å². The van der Waals surface area contributed by atoms with Gasteiger partial charge >= 0.3 is 6.03 Å². The van der Waals surface area contributed by atoms with Gasteiger partial charge in [-0.25, -0.2) is 17.9 Å². The standard InChI is InChI=1S/C14H27N3O3S/c1-11-5-7-12(8-6-11)15-14(18)17-9-3-4-13(10-17)16-21(2,19)20/h11-13,16H,3-10H2,1-2H3,(H,15,18)/t11?,12?,13-/m0/s1. The molecule has 0 unspecified atom stereocenters. The molecule has 0 aromatic carbocycles. The highest BCUT2D eigenvalue weighted by Crippen LogP contribution is 2.23. The molecule has 6 nitrogen and oxygen atoms in total. The molecule has 1 atom stereocenters. The van der Waals surface area contributed by atoms with Crippen LogP contribution in [-0.2, 0) is 10.0 Å². The summed E-state index contributed by atoms with van der Waals surface area (Å²) in [6.45, 7) is 3.42. The average molecular weight is 317 g/mol. The van der Waals surface area contributed by atoms with Gasteiger partial charge in [0.15, 0.2) is 0 Å². The van der Waals surface area contributed by atoms with Crippen LogP contribution in [0.4, 0.5) is 4.79 Å². The number of urea groups is 1. The van der Waals surface area contributed by atoms with Crippen LogP contribution < -0.4 is 10.0 Å². The SMILES string of the molecule is CC1CCC(NC(=O)N2CCC[C@H](NS(C)(=O)=O)C2)CC1. The zero-order valence-electron chi connectivity index (χ0n) is 13.0. The number of likely N-dealkylation sites (tertiary alicyclic amines) is 1. The van der Waals surface area contributed by atoms with Gasteiger partial charge in [0, 0.05) is 25.2 Å². The molecule has 1 saturated heterocycles. The Hall–Kier alpha value is -0.820. The quantitative estimate of drug-likeness (QED) is 0.823. The second-order valence-electron chi connectivity index (χ2n) is 6.58. The van der Waals surface area contributed by atoms with E-state index in [0.717, 1.165) is 37.9 Å². The lowest BCUT2D eigenvalue weighted by Crippen LogP contribution is -2.53. The summed E-state index contributed by atoms with van der Waals surface area (Å²) in [5, 5.41) is 3.10. The lowest BCUT2D eigenvalue weighted by Gasteiger charge is -2.35. The molecule has 0 radical (unpaired) electrons. The number of carbonyl (C=O) groups excluding carboxylic acids is 1. The van der Waals surface area contributed by atoms with Crippen molar-refractivity contribution in [3.63, 3.8) is 0 Å². The maximum Gasteiger partial charge on any atom is 0.317 e. The van der Waals surface area contributed by atoms with Crippen molar-refractivity contribution < 1.29 is 13.2 Å². The molecule has 0 aromatic rings. The number of sulfonamides is 1. The molecule has 0 spiro atoms. The van der Waals surface area contributed by atoms with Gasteiger partial charge in [0.25, 0.3) is 0 Å². The summed E-state index contributed by atoms with van der Waals surface area (Å²) in [5.41, 5.74) is 0. The first-order chi connectivity index (χ1) is 9.83. The van der Waals surface area contributed by atoms with Crippen LogP contribution in [0.3, 0.4) is 0 Å². The van der Waals surface area contributed by atoms with Gasteiger partial charge in [-0.3, -0.25) is 0 Å². The third kappa shape index (κ3) is 5.47. The third-order valence-corrected chi connectivity index (χ3v) is 5.19. The molecule has 7 heteroatoms. The molecule has 2 rings (SSSR count). The highest BCUT2D eigenvalue weighted by atomic mass is 32.2. The van der Waals surface area contributed by atoms with E-state index in [2.05, 4.69) is 17.0 Å². The first kappa shape index (κ1) is 16.5.